The number of anilines is 1. The summed E-state index contributed by atoms with van der Waals surface area (Å²) in [5, 5.41) is 22.5. The standard InChI is InChI=1S/C25H29F3N2O6S/c1-5-37(35,36)18-10-11-19-15(12-18)14-30(20(31)13-23(2,3)33)21(19)22(32)29-17-8-6-16(7-9-17)24(4,34)25(26,27)28/h6-12,21,33-34H,5,13-14H2,1-4H3,(H,29,32). The number of alkyl halides is 3. The number of carbonyl (C=O) groups is 2. The molecule has 2 atom stereocenters. The van der Waals surface area contributed by atoms with Crippen molar-refractivity contribution in [1.29, 1.82) is 0 Å². The first kappa shape index (κ1) is 28.6. The van der Waals surface area contributed by atoms with Crippen molar-refractivity contribution < 1.29 is 41.4 Å². The molecule has 2 aromatic rings. The smallest absolute Gasteiger partial charge is 0.390 e. The fourth-order valence-electron chi connectivity index (χ4n) is 4.03. The molecule has 1 aliphatic heterocycles. The van der Waals surface area contributed by atoms with E-state index in [4.69, 9.17) is 0 Å². The molecule has 3 N–H and O–H groups in total. The van der Waals surface area contributed by atoms with E-state index in [0.717, 1.165) is 12.1 Å². The number of rotatable bonds is 7. The number of halogens is 3. The lowest BCUT2D eigenvalue weighted by Crippen LogP contribution is -2.40. The zero-order chi connectivity index (χ0) is 28.0. The predicted molar refractivity (Wildman–Crippen MR) is 129 cm³/mol. The first-order valence-electron chi connectivity index (χ1n) is 11.5. The first-order valence-corrected chi connectivity index (χ1v) is 13.1. The Morgan fingerprint density at radius 3 is 2.16 bits per heavy atom. The summed E-state index contributed by atoms with van der Waals surface area (Å²) in [5.41, 5.74) is -3.90. The van der Waals surface area contributed by atoms with Crippen molar-refractivity contribution in [2.75, 3.05) is 11.1 Å². The monoisotopic (exact) mass is 542 g/mol. The Morgan fingerprint density at radius 2 is 1.65 bits per heavy atom. The molecule has 0 fully saturated rings. The van der Waals surface area contributed by atoms with Gasteiger partial charge >= 0.3 is 6.18 Å². The van der Waals surface area contributed by atoms with Crippen LogP contribution in [0.2, 0.25) is 0 Å². The van der Waals surface area contributed by atoms with Gasteiger partial charge in [-0.2, -0.15) is 13.2 Å². The first-order chi connectivity index (χ1) is 16.9. The number of hydrogen-bond donors (Lipinski definition) is 3. The molecule has 0 spiro atoms. The fraction of sp³-hybridized carbons (Fsp3) is 0.440. The minimum atomic E-state index is -4.91. The minimum Gasteiger partial charge on any atom is -0.390 e. The molecule has 0 saturated carbocycles. The molecule has 0 saturated heterocycles. The lowest BCUT2D eigenvalue weighted by molar-refractivity contribution is -0.258. The van der Waals surface area contributed by atoms with E-state index in [1.165, 1.54) is 56.0 Å². The molecule has 202 valence electrons. The Balaban J connectivity index is 1.94. The van der Waals surface area contributed by atoms with Crippen LogP contribution in [0.5, 0.6) is 0 Å². The highest BCUT2D eigenvalue weighted by atomic mass is 32.2. The van der Waals surface area contributed by atoms with Gasteiger partial charge in [0.25, 0.3) is 5.91 Å². The largest absolute Gasteiger partial charge is 0.421 e. The van der Waals surface area contributed by atoms with Crippen molar-refractivity contribution in [3.63, 3.8) is 0 Å². The van der Waals surface area contributed by atoms with Crippen LogP contribution in [0.25, 0.3) is 0 Å². The fourth-order valence-corrected chi connectivity index (χ4v) is 4.96. The third-order valence-electron chi connectivity index (χ3n) is 6.22. The quantitative estimate of drug-likeness (QED) is 0.493. The normalized spacial score (nSPS) is 17.8. The zero-order valence-corrected chi connectivity index (χ0v) is 21.6. The minimum absolute atomic E-state index is 0.0528. The van der Waals surface area contributed by atoms with Crippen LogP contribution in [-0.2, 0) is 31.6 Å². The highest BCUT2D eigenvalue weighted by Crippen LogP contribution is 2.40. The van der Waals surface area contributed by atoms with Crippen molar-refractivity contribution in [3.8, 4) is 0 Å². The van der Waals surface area contributed by atoms with E-state index in [1.54, 1.807) is 0 Å². The summed E-state index contributed by atoms with van der Waals surface area (Å²) in [6.45, 7) is 4.92. The van der Waals surface area contributed by atoms with E-state index < -0.39 is 50.6 Å². The zero-order valence-electron chi connectivity index (χ0n) is 20.8. The van der Waals surface area contributed by atoms with Gasteiger partial charge in [-0.15, -0.1) is 0 Å². The maximum Gasteiger partial charge on any atom is 0.421 e. The van der Waals surface area contributed by atoms with Crippen molar-refractivity contribution >= 4 is 27.3 Å². The molecule has 1 heterocycles. The van der Waals surface area contributed by atoms with Crippen LogP contribution in [0.1, 0.15) is 56.8 Å². The molecule has 2 unspecified atom stereocenters. The molecule has 2 amide bonds. The van der Waals surface area contributed by atoms with Crippen LogP contribution >= 0.6 is 0 Å². The van der Waals surface area contributed by atoms with E-state index in [0.29, 0.717) is 18.1 Å². The number of benzene rings is 2. The number of amides is 2. The summed E-state index contributed by atoms with van der Waals surface area (Å²) in [4.78, 5) is 27.6. The second-order valence-corrected chi connectivity index (χ2v) is 12.1. The Kier molecular flexibility index (Phi) is 7.52. The lowest BCUT2D eigenvalue weighted by atomic mass is 9.95. The number of nitrogens with one attached hydrogen (secondary N) is 1. The summed E-state index contributed by atoms with van der Waals surface area (Å²) in [6.07, 6.45) is -5.21. The van der Waals surface area contributed by atoms with E-state index in [9.17, 15) is 41.4 Å². The van der Waals surface area contributed by atoms with Gasteiger partial charge in [0.1, 0.15) is 6.04 Å². The SMILES string of the molecule is CCS(=O)(=O)c1ccc2c(c1)CN(C(=O)CC(C)(C)O)C2C(=O)Nc1ccc(C(C)(O)C(F)(F)F)cc1. The van der Waals surface area contributed by atoms with E-state index in [2.05, 4.69) is 5.32 Å². The Bertz CT molecular complexity index is 1300. The van der Waals surface area contributed by atoms with Gasteiger partial charge in [-0.25, -0.2) is 8.42 Å². The second-order valence-electron chi connectivity index (χ2n) is 9.81. The van der Waals surface area contributed by atoms with Gasteiger partial charge in [-0.3, -0.25) is 9.59 Å². The molecule has 0 radical (unpaired) electrons. The Labute approximate surface area is 213 Å². The second kappa shape index (κ2) is 9.73. The van der Waals surface area contributed by atoms with Crippen LogP contribution in [0, 0.1) is 0 Å². The molecule has 37 heavy (non-hydrogen) atoms. The van der Waals surface area contributed by atoms with Gasteiger partial charge in [-0.05, 0) is 61.7 Å². The highest BCUT2D eigenvalue weighted by Gasteiger charge is 2.51. The Hall–Kier alpha value is -2.96. The van der Waals surface area contributed by atoms with Crippen LogP contribution in [-0.4, -0.2) is 52.9 Å². The van der Waals surface area contributed by atoms with E-state index >= 15 is 0 Å². The van der Waals surface area contributed by atoms with Crippen LogP contribution in [0.3, 0.4) is 0 Å². The van der Waals surface area contributed by atoms with Gasteiger partial charge in [0.15, 0.2) is 15.4 Å². The molecule has 0 aromatic heterocycles. The number of aliphatic hydroxyl groups is 2. The third-order valence-corrected chi connectivity index (χ3v) is 7.95. The molecule has 12 heteroatoms. The molecular weight excluding hydrogens is 513 g/mol. The summed E-state index contributed by atoms with van der Waals surface area (Å²) >= 11 is 0. The summed E-state index contributed by atoms with van der Waals surface area (Å²) in [6, 6.07) is 7.53. The van der Waals surface area contributed by atoms with Crippen LogP contribution < -0.4 is 5.32 Å². The number of nitrogens with zero attached hydrogens (tertiary/aromatic N) is 1. The molecule has 0 aliphatic carbocycles. The van der Waals surface area contributed by atoms with Crippen molar-refractivity contribution in [2.45, 2.75) is 69.0 Å². The molecule has 1 aliphatic rings. The number of carbonyl (C=O) groups excluding carboxylic acids is 2. The van der Waals surface area contributed by atoms with E-state index in [1.807, 2.05) is 0 Å². The lowest BCUT2D eigenvalue weighted by Gasteiger charge is -2.28. The number of hydrogen-bond acceptors (Lipinski definition) is 6. The molecule has 2 aromatic carbocycles. The Morgan fingerprint density at radius 1 is 1.05 bits per heavy atom. The average molecular weight is 543 g/mol. The maximum atomic E-state index is 13.3. The highest BCUT2D eigenvalue weighted by molar-refractivity contribution is 7.91. The van der Waals surface area contributed by atoms with Gasteiger partial charge < -0.3 is 20.4 Å². The molecule has 0 bridgehead atoms. The predicted octanol–water partition coefficient (Wildman–Crippen LogP) is 3.43. The van der Waals surface area contributed by atoms with Crippen LogP contribution in [0.4, 0.5) is 18.9 Å². The molecular formula is C25H29F3N2O6S. The molecule has 8 nitrogen and oxygen atoms in total. The van der Waals surface area contributed by atoms with Gasteiger partial charge in [0.05, 0.1) is 22.7 Å². The van der Waals surface area contributed by atoms with Gasteiger partial charge in [0, 0.05) is 12.2 Å². The van der Waals surface area contributed by atoms with E-state index in [-0.39, 0.29) is 29.3 Å². The number of sulfone groups is 1. The van der Waals surface area contributed by atoms with Crippen molar-refractivity contribution in [1.82, 2.24) is 4.90 Å². The summed E-state index contributed by atoms with van der Waals surface area (Å²) in [5.74, 6) is -1.35. The van der Waals surface area contributed by atoms with Crippen LogP contribution in [0.15, 0.2) is 47.4 Å². The summed E-state index contributed by atoms with van der Waals surface area (Å²) in [7, 11) is -3.54. The third kappa shape index (κ3) is 5.97. The summed E-state index contributed by atoms with van der Waals surface area (Å²) < 4.78 is 64.0. The molecule has 3 rings (SSSR count). The van der Waals surface area contributed by atoms with Gasteiger partial charge in [0.2, 0.25) is 5.91 Å². The number of fused-ring (bicyclic) bond motifs is 1. The maximum absolute atomic E-state index is 13.3. The topological polar surface area (TPSA) is 124 Å². The van der Waals surface area contributed by atoms with Crippen molar-refractivity contribution in [3.05, 3.63) is 59.2 Å². The van der Waals surface area contributed by atoms with Crippen molar-refractivity contribution in [2.24, 2.45) is 0 Å². The van der Waals surface area contributed by atoms with Gasteiger partial charge in [-0.1, -0.05) is 25.1 Å². The average Bonchev–Trinajstić information content (AvgIpc) is 3.17.